The van der Waals surface area contributed by atoms with Crippen molar-refractivity contribution in [1.82, 2.24) is 9.88 Å². The van der Waals surface area contributed by atoms with E-state index in [9.17, 15) is 0 Å². The lowest BCUT2D eigenvalue weighted by Gasteiger charge is -2.15. The molecule has 2 heterocycles. The molecule has 100 valence electrons. The van der Waals surface area contributed by atoms with Crippen molar-refractivity contribution in [3.8, 4) is 5.75 Å². The van der Waals surface area contributed by atoms with Crippen molar-refractivity contribution in [2.75, 3.05) is 20.7 Å². The van der Waals surface area contributed by atoms with Gasteiger partial charge in [0.1, 0.15) is 5.75 Å². The first kappa shape index (κ1) is 12.6. The fourth-order valence-corrected chi connectivity index (χ4v) is 3.52. The second-order valence-electron chi connectivity index (χ2n) is 5.01. The summed E-state index contributed by atoms with van der Waals surface area (Å²) in [6, 6.07) is 6.43. The van der Waals surface area contributed by atoms with Gasteiger partial charge in [0.15, 0.2) is 0 Å². The number of aromatic nitrogens is 1. The van der Waals surface area contributed by atoms with Crippen LogP contribution >= 0.6 is 11.3 Å². The largest absolute Gasteiger partial charge is 0.497 e. The second-order valence-corrected chi connectivity index (χ2v) is 5.94. The Bertz CT molecular complexity index is 553. The lowest BCUT2D eigenvalue weighted by atomic mass is 9.93. The summed E-state index contributed by atoms with van der Waals surface area (Å²) in [5.41, 5.74) is 2.76. The van der Waals surface area contributed by atoms with E-state index < -0.39 is 0 Å². The number of nitrogens with zero attached hydrogens (tertiary/aromatic N) is 2. The molecule has 4 heteroatoms. The molecular formula is C15H18N2OS. The first-order valence-corrected chi connectivity index (χ1v) is 7.40. The van der Waals surface area contributed by atoms with Crippen LogP contribution in [0.1, 0.15) is 28.5 Å². The molecule has 1 atom stereocenters. The maximum atomic E-state index is 5.35. The first-order valence-electron chi connectivity index (χ1n) is 6.52. The summed E-state index contributed by atoms with van der Waals surface area (Å²) in [7, 11) is 3.90. The summed E-state index contributed by atoms with van der Waals surface area (Å²) >= 11 is 1.75. The number of fused-ring (bicyclic) bond motifs is 1. The zero-order valence-electron chi connectivity index (χ0n) is 11.3. The number of thiazole rings is 1. The average Bonchev–Trinajstić information content (AvgIpc) is 2.89. The molecule has 19 heavy (non-hydrogen) atoms. The van der Waals surface area contributed by atoms with Crippen LogP contribution in [0.3, 0.4) is 0 Å². The molecule has 0 N–H and O–H groups in total. The third kappa shape index (κ3) is 2.51. The summed E-state index contributed by atoms with van der Waals surface area (Å²) in [6.07, 6.45) is 3.03. The molecule has 0 aliphatic carbocycles. The molecule has 3 rings (SSSR count). The molecule has 0 saturated heterocycles. The Kier molecular flexibility index (Phi) is 3.53. The van der Waals surface area contributed by atoms with Crippen LogP contribution in [0.15, 0.2) is 29.8 Å². The summed E-state index contributed by atoms with van der Waals surface area (Å²) < 4.78 is 5.35. The highest BCUT2D eigenvalue weighted by atomic mass is 32.1. The molecule has 0 spiro atoms. The maximum Gasteiger partial charge on any atom is 0.119 e. The van der Waals surface area contributed by atoms with Crippen LogP contribution in [-0.4, -0.2) is 30.6 Å². The predicted octanol–water partition coefficient (Wildman–Crippen LogP) is 3.12. The Morgan fingerprint density at radius 2 is 2.32 bits per heavy atom. The van der Waals surface area contributed by atoms with E-state index in [0.29, 0.717) is 5.92 Å². The van der Waals surface area contributed by atoms with Gasteiger partial charge in [0.2, 0.25) is 0 Å². The molecule has 1 aromatic heterocycles. The molecule has 0 radical (unpaired) electrons. The molecule has 0 bridgehead atoms. The Balaban J connectivity index is 2.05. The van der Waals surface area contributed by atoms with Crippen LogP contribution in [-0.2, 0) is 6.54 Å². The van der Waals surface area contributed by atoms with E-state index in [1.54, 1.807) is 18.4 Å². The third-order valence-corrected chi connectivity index (χ3v) is 4.60. The minimum absolute atomic E-state index is 0.422. The van der Waals surface area contributed by atoms with Gasteiger partial charge in [-0.15, -0.1) is 11.3 Å². The van der Waals surface area contributed by atoms with Gasteiger partial charge in [0.05, 0.1) is 12.1 Å². The molecule has 0 amide bonds. The summed E-state index contributed by atoms with van der Waals surface area (Å²) in [5.74, 6) is 1.36. The van der Waals surface area contributed by atoms with Gasteiger partial charge in [-0.2, -0.15) is 0 Å². The molecular weight excluding hydrogens is 256 g/mol. The molecule has 0 saturated carbocycles. The fourth-order valence-electron chi connectivity index (χ4n) is 2.72. The lowest BCUT2D eigenvalue weighted by Crippen LogP contribution is -2.17. The standard InChI is InChI=1S/C15H18N2OS/c1-17-7-5-14(15-16-6-8-19-15)13-4-3-12(18-2)9-11(13)10-17/h3-4,6,8-9,14H,5,7,10H2,1-2H3. The first-order chi connectivity index (χ1) is 9.28. The van der Waals surface area contributed by atoms with Crippen LogP contribution < -0.4 is 4.74 Å². The topological polar surface area (TPSA) is 25.4 Å². The average molecular weight is 274 g/mol. The Hall–Kier alpha value is -1.39. The molecule has 1 aliphatic heterocycles. The molecule has 1 aromatic carbocycles. The quantitative estimate of drug-likeness (QED) is 0.841. The summed E-state index contributed by atoms with van der Waals surface area (Å²) in [6.45, 7) is 2.08. The van der Waals surface area contributed by atoms with Crippen LogP contribution in [0.4, 0.5) is 0 Å². The van der Waals surface area contributed by atoms with Gasteiger partial charge in [-0.1, -0.05) is 6.07 Å². The predicted molar refractivity (Wildman–Crippen MR) is 77.9 cm³/mol. The number of methoxy groups -OCH3 is 1. The van der Waals surface area contributed by atoms with Crippen molar-refractivity contribution in [1.29, 1.82) is 0 Å². The number of ether oxygens (including phenoxy) is 1. The van der Waals surface area contributed by atoms with Gasteiger partial charge in [-0.25, -0.2) is 4.98 Å². The third-order valence-electron chi connectivity index (χ3n) is 3.71. The monoisotopic (exact) mass is 274 g/mol. The zero-order chi connectivity index (χ0) is 13.2. The highest BCUT2D eigenvalue weighted by Crippen LogP contribution is 2.36. The number of rotatable bonds is 2. The van der Waals surface area contributed by atoms with Gasteiger partial charge in [-0.05, 0) is 43.3 Å². The molecule has 2 aromatic rings. The van der Waals surface area contributed by atoms with Crippen molar-refractivity contribution in [2.45, 2.75) is 18.9 Å². The Labute approximate surface area is 117 Å². The number of benzene rings is 1. The van der Waals surface area contributed by atoms with Gasteiger partial charge in [-0.3, -0.25) is 0 Å². The molecule has 1 unspecified atom stereocenters. The van der Waals surface area contributed by atoms with Crippen LogP contribution in [0.2, 0.25) is 0 Å². The van der Waals surface area contributed by atoms with E-state index in [1.165, 1.54) is 16.1 Å². The molecule has 3 nitrogen and oxygen atoms in total. The smallest absolute Gasteiger partial charge is 0.119 e. The van der Waals surface area contributed by atoms with E-state index in [-0.39, 0.29) is 0 Å². The van der Waals surface area contributed by atoms with Gasteiger partial charge in [0.25, 0.3) is 0 Å². The Morgan fingerprint density at radius 1 is 1.42 bits per heavy atom. The van der Waals surface area contributed by atoms with Crippen molar-refractivity contribution in [2.24, 2.45) is 0 Å². The maximum absolute atomic E-state index is 5.35. The van der Waals surface area contributed by atoms with E-state index in [1.807, 2.05) is 6.20 Å². The zero-order valence-corrected chi connectivity index (χ0v) is 12.1. The van der Waals surface area contributed by atoms with Crippen molar-refractivity contribution < 1.29 is 4.74 Å². The second kappa shape index (κ2) is 5.31. The number of hydrogen-bond acceptors (Lipinski definition) is 4. The minimum Gasteiger partial charge on any atom is -0.497 e. The van der Waals surface area contributed by atoms with E-state index >= 15 is 0 Å². The fraction of sp³-hybridized carbons (Fsp3) is 0.400. The van der Waals surface area contributed by atoms with Crippen LogP contribution in [0, 0.1) is 0 Å². The van der Waals surface area contributed by atoms with E-state index in [0.717, 1.165) is 25.3 Å². The lowest BCUT2D eigenvalue weighted by molar-refractivity contribution is 0.327. The Morgan fingerprint density at radius 3 is 3.05 bits per heavy atom. The highest BCUT2D eigenvalue weighted by Gasteiger charge is 2.24. The van der Waals surface area contributed by atoms with E-state index in [4.69, 9.17) is 4.74 Å². The van der Waals surface area contributed by atoms with Crippen LogP contribution in [0.25, 0.3) is 0 Å². The normalized spacial score (nSPS) is 19.8. The summed E-state index contributed by atoms with van der Waals surface area (Å²) in [5, 5.41) is 3.29. The van der Waals surface area contributed by atoms with Gasteiger partial charge < -0.3 is 9.64 Å². The minimum atomic E-state index is 0.422. The SMILES string of the molecule is COc1ccc2c(c1)CN(C)CCC2c1nccs1. The van der Waals surface area contributed by atoms with Crippen molar-refractivity contribution in [3.05, 3.63) is 45.9 Å². The van der Waals surface area contributed by atoms with Crippen LogP contribution in [0.5, 0.6) is 5.75 Å². The van der Waals surface area contributed by atoms with Gasteiger partial charge in [0, 0.05) is 24.0 Å². The van der Waals surface area contributed by atoms with Crippen molar-refractivity contribution in [3.63, 3.8) is 0 Å². The number of hydrogen-bond donors (Lipinski definition) is 0. The highest BCUT2D eigenvalue weighted by molar-refractivity contribution is 7.09. The molecule has 1 aliphatic rings. The van der Waals surface area contributed by atoms with E-state index in [2.05, 4.69) is 40.5 Å². The molecule has 0 fully saturated rings. The van der Waals surface area contributed by atoms with Gasteiger partial charge >= 0.3 is 0 Å². The summed E-state index contributed by atoms with van der Waals surface area (Å²) in [4.78, 5) is 6.88. The van der Waals surface area contributed by atoms with Crippen molar-refractivity contribution >= 4 is 11.3 Å².